The molecule has 4 nitrogen and oxygen atoms in total. The number of benzene rings is 2. The van der Waals surface area contributed by atoms with E-state index in [0.29, 0.717) is 16.6 Å². The topological polar surface area (TPSA) is 54.9 Å². The monoisotopic (exact) mass is 341 g/mol. The van der Waals surface area contributed by atoms with Gasteiger partial charge in [0.25, 0.3) is 5.91 Å². The highest BCUT2D eigenvalue weighted by atomic mass is 79.9. The molecule has 0 saturated heterocycles. The summed E-state index contributed by atoms with van der Waals surface area (Å²) >= 11 is 3.44. The van der Waals surface area contributed by atoms with Gasteiger partial charge in [-0.2, -0.15) is 0 Å². The Balaban J connectivity index is 1.95. The lowest BCUT2D eigenvalue weighted by Crippen LogP contribution is -2.13. The number of carbonyl (C=O) groups excluding carboxylic acids is 1. The quantitative estimate of drug-likeness (QED) is 0.767. The highest BCUT2D eigenvalue weighted by Crippen LogP contribution is 2.21. The van der Waals surface area contributed by atoms with Gasteiger partial charge in [-0.3, -0.25) is 14.8 Å². The van der Waals surface area contributed by atoms with Gasteiger partial charge in [-0.25, -0.2) is 0 Å². The summed E-state index contributed by atoms with van der Waals surface area (Å²) in [7, 11) is 0. The lowest BCUT2D eigenvalue weighted by Gasteiger charge is -2.08. The van der Waals surface area contributed by atoms with Crippen molar-refractivity contribution in [2.45, 2.75) is 6.92 Å². The molecule has 0 saturated carbocycles. The van der Waals surface area contributed by atoms with Gasteiger partial charge in [0, 0.05) is 22.6 Å². The maximum atomic E-state index is 12.4. The van der Waals surface area contributed by atoms with E-state index in [0.717, 1.165) is 15.7 Å². The van der Waals surface area contributed by atoms with Crippen LogP contribution in [-0.4, -0.2) is 15.9 Å². The van der Waals surface area contributed by atoms with Crippen LogP contribution in [0, 0.1) is 6.92 Å². The minimum Gasteiger partial charge on any atom is -0.322 e. The molecule has 5 heteroatoms. The summed E-state index contributed by atoms with van der Waals surface area (Å²) in [5, 5.41) is 2.89. The van der Waals surface area contributed by atoms with E-state index in [2.05, 4.69) is 31.2 Å². The van der Waals surface area contributed by atoms with Crippen LogP contribution in [0.3, 0.4) is 0 Å². The van der Waals surface area contributed by atoms with Crippen LogP contribution in [0.15, 0.2) is 53.3 Å². The molecule has 0 radical (unpaired) electrons. The molecule has 3 rings (SSSR count). The number of nitrogens with zero attached hydrogens (tertiary/aromatic N) is 2. The van der Waals surface area contributed by atoms with Crippen LogP contribution in [0.4, 0.5) is 5.69 Å². The number of para-hydroxylation sites is 1. The highest BCUT2D eigenvalue weighted by molar-refractivity contribution is 9.10. The first-order valence-corrected chi connectivity index (χ1v) is 7.22. The molecule has 0 atom stereocenters. The van der Waals surface area contributed by atoms with Crippen LogP contribution >= 0.6 is 15.9 Å². The summed E-state index contributed by atoms with van der Waals surface area (Å²) in [6.07, 6.45) is 3.20. The van der Waals surface area contributed by atoms with E-state index in [9.17, 15) is 4.79 Å². The van der Waals surface area contributed by atoms with Crippen LogP contribution in [0.2, 0.25) is 0 Å². The number of halogens is 1. The van der Waals surface area contributed by atoms with Crippen molar-refractivity contribution in [1.82, 2.24) is 9.97 Å². The summed E-state index contributed by atoms with van der Waals surface area (Å²) < 4.78 is 1.01. The number of aryl methyl sites for hydroxylation is 1. The van der Waals surface area contributed by atoms with Crippen LogP contribution in [0.5, 0.6) is 0 Å². The van der Waals surface area contributed by atoms with Crippen LogP contribution in [-0.2, 0) is 0 Å². The normalized spacial score (nSPS) is 10.6. The molecule has 21 heavy (non-hydrogen) atoms. The van der Waals surface area contributed by atoms with Gasteiger partial charge in [-0.1, -0.05) is 22.0 Å². The number of nitrogens with one attached hydrogen (secondary N) is 1. The molecule has 104 valence electrons. The van der Waals surface area contributed by atoms with E-state index in [1.807, 2.05) is 31.2 Å². The van der Waals surface area contributed by atoms with Crippen molar-refractivity contribution in [3.05, 3.63) is 64.4 Å². The van der Waals surface area contributed by atoms with E-state index in [1.165, 1.54) is 0 Å². The summed E-state index contributed by atoms with van der Waals surface area (Å²) in [4.78, 5) is 20.9. The van der Waals surface area contributed by atoms with E-state index < -0.39 is 0 Å². The van der Waals surface area contributed by atoms with Crippen molar-refractivity contribution in [3.63, 3.8) is 0 Å². The SMILES string of the molecule is Cc1cc(NC(=O)c2cccc3nccnc23)ccc1Br. The molecule has 0 bridgehead atoms. The smallest absolute Gasteiger partial charge is 0.257 e. The second kappa shape index (κ2) is 5.61. The molecular formula is C16H12BrN3O. The first kappa shape index (κ1) is 13.7. The van der Waals surface area contributed by atoms with Gasteiger partial charge in [0.2, 0.25) is 0 Å². The number of hydrogen-bond donors (Lipinski definition) is 1. The predicted octanol–water partition coefficient (Wildman–Crippen LogP) is 3.95. The molecule has 0 unspecified atom stereocenters. The molecule has 3 aromatic rings. The molecule has 1 amide bonds. The van der Waals surface area contributed by atoms with Gasteiger partial charge in [-0.15, -0.1) is 0 Å². The largest absolute Gasteiger partial charge is 0.322 e. The number of amides is 1. The van der Waals surface area contributed by atoms with Crippen molar-refractivity contribution in [1.29, 1.82) is 0 Å². The second-order valence-electron chi connectivity index (χ2n) is 4.65. The Kier molecular flexibility index (Phi) is 3.66. The molecule has 0 fully saturated rings. The fourth-order valence-corrected chi connectivity index (χ4v) is 2.34. The van der Waals surface area contributed by atoms with Crippen LogP contribution < -0.4 is 5.32 Å². The first-order chi connectivity index (χ1) is 10.1. The summed E-state index contributed by atoms with van der Waals surface area (Å²) in [6.45, 7) is 1.98. The zero-order valence-electron chi connectivity index (χ0n) is 11.3. The third-order valence-electron chi connectivity index (χ3n) is 3.16. The van der Waals surface area contributed by atoms with Crippen LogP contribution in [0.25, 0.3) is 11.0 Å². The molecule has 1 aromatic heterocycles. The van der Waals surface area contributed by atoms with Crippen LogP contribution in [0.1, 0.15) is 15.9 Å². The molecule has 0 aliphatic heterocycles. The Hall–Kier alpha value is -2.27. The van der Waals surface area contributed by atoms with Gasteiger partial charge in [0.15, 0.2) is 0 Å². The maximum Gasteiger partial charge on any atom is 0.257 e. The van der Waals surface area contributed by atoms with Crippen molar-refractivity contribution in [2.75, 3.05) is 5.32 Å². The van der Waals surface area contributed by atoms with E-state index in [-0.39, 0.29) is 5.91 Å². The summed E-state index contributed by atoms with van der Waals surface area (Å²) in [5.74, 6) is -0.192. The van der Waals surface area contributed by atoms with Crippen molar-refractivity contribution >= 4 is 38.6 Å². The van der Waals surface area contributed by atoms with E-state index >= 15 is 0 Å². The van der Waals surface area contributed by atoms with Crippen molar-refractivity contribution in [3.8, 4) is 0 Å². The number of rotatable bonds is 2. The molecule has 0 aliphatic rings. The molecule has 1 N–H and O–H groups in total. The Bertz CT molecular complexity index is 827. The number of fused-ring (bicyclic) bond motifs is 1. The second-order valence-corrected chi connectivity index (χ2v) is 5.50. The zero-order chi connectivity index (χ0) is 14.8. The van der Waals surface area contributed by atoms with Gasteiger partial charge < -0.3 is 5.32 Å². The standard InChI is InChI=1S/C16H12BrN3O/c1-10-9-11(5-6-13(10)17)20-16(21)12-3-2-4-14-15(12)19-8-7-18-14/h2-9H,1H3,(H,20,21). The number of aromatic nitrogens is 2. The number of carbonyl (C=O) groups is 1. The molecule has 2 aromatic carbocycles. The van der Waals surface area contributed by atoms with E-state index in [4.69, 9.17) is 0 Å². The fourth-order valence-electron chi connectivity index (χ4n) is 2.10. The fraction of sp³-hybridized carbons (Fsp3) is 0.0625. The van der Waals surface area contributed by atoms with Crippen molar-refractivity contribution in [2.24, 2.45) is 0 Å². The van der Waals surface area contributed by atoms with Gasteiger partial charge in [0.1, 0.15) is 5.52 Å². The lowest BCUT2D eigenvalue weighted by atomic mass is 10.1. The van der Waals surface area contributed by atoms with E-state index in [1.54, 1.807) is 24.5 Å². The Morgan fingerprint density at radius 3 is 2.76 bits per heavy atom. The molecular weight excluding hydrogens is 330 g/mol. The third kappa shape index (κ3) is 2.78. The molecule has 1 heterocycles. The Morgan fingerprint density at radius 1 is 1.14 bits per heavy atom. The zero-order valence-corrected chi connectivity index (χ0v) is 12.9. The average Bonchev–Trinajstić information content (AvgIpc) is 2.50. The average molecular weight is 342 g/mol. The predicted molar refractivity (Wildman–Crippen MR) is 86.4 cm³/mol. The summed E-state index contributed by atoms with van der Waals surface area (Å²) in [5.41, 5.74) is 3.64. The Morgan fingerprint density at radius 2 is 1.95 bits per heavy atom. The van der Waals surface area contributed by atoms with Gasteiger partial charge in [-0.05, 0) is 42.8 Å². The Labute approximate surface area is 130 Å². The first-order valence-electron chi connectivity index (χ1n) is 6.42. The molecule has 0 spiro atoms. The molecule has 0 aliphatic carbocycles. The minimum absolute atomic E-state index is 0.192. The number of hydrogen-bond acceptors (Lipinski definition) is 3. The third-order valence-corrected chi connectivity index (χ3v) is 4.05. The maximum absolute atomic E-state index is 12.4. The number of anilines is 1. The minimum atomic E-state index is -0.192. The summed E-state index contributed by atoms with van der Waals surface area (Å²) in [6, 6.07) is 11.1. The van der Waals surface area contributed by atoms with Gasteiger partial charge >= 0.3 is 0 Å². The lowest BCUT2D eigenvalue weighted by molar-refractivity contribution is 0.102. The van der Waals surface area contributed by atoms with Crippen molar-refractivity contribution < 1.29 is 4.79 Å². The highest BCUT2D eigenvalue weighted by Gasteiger charge is 2.11. The van der Waals surface area contributed by atoms with Gasteiger partial charge in [0.05, 0.1) is 11.1 Å².